The number of amides is 1. The van der Waals surface area contributed by atoms with Crippen molar-refractivity contribution >= 4 is 28.3 Å². The molecule has 1 aromatic rings. The maximum atomic E-state index is 12.7. The molecule has 2 rings (SSSR count). The van der Waals surface area contributed by atoms with Crippen molar-refractivity contribution in [2.45, 2.75) is 44.6 Å². The van der Waals surface area contributed by atoms with Crippen LogP contribution in [-0.2, 0) is 21.9 Å². The fraction of sp³-hybridized carbons (Fsp3) is 0.750. The largest absolute Gasteiger partial charge is 0.341 e. The average Bonchev–Trinajstić information content (AvgIpc) is 2.80. The average molecular weight is 408 g/mol. The predicted octanol–water partition coefficient (Wildman–Crippen LogP) is 0.584. The number of halogens is 1. The van der Waals surface area contributed by atoms with Crippen LogP contribution in [0, 0.1) is 19.8 Å². The van der Waals surface area contributed by atoms with E-state index >= 15 is 0 Å². The first-order chi connectivity index (χ1) is 11.7. The van der Waals surface area contributed by atoms with E-state index in [2.05, 4.69) is 15.1 Å². The van der Waals surface area contributed by atoms with Gasteiger partial charge >= 0.3 is 0 Å². The van der Waals surface area contributed by atoms with Crippen LogP contribution in [0.3, 0.4) is 0 Å². The first-order valence-electron chi connectivity index (χ1n) is 8.63. The van der Waals surface area contributed by atoms with E-state index in [9.17, 15) is 13.2 Å². The van der Waals surface area contributed by atoms with Crippen LogP contribution in [0.25, 0.3) is 0 Å². The van der Waals surface area contributed by atoms with Crippen molar-refractivity contribution in [3.8, 4) is 0 Å². The van der Waals surface area contributed by atoms with E-state index in [1.807, 2.05) is 7.05 Å². The smallest absolute Gasteiger partial charge is 0.244 e. The summed E-state index contributed by atoms with van der Waals surface area (Å²) in [5.74, 6) is 0.396. The summed E-state index contributed by atoms with van der Waals surface area (Å²) in [5.41, 5.74) is 0.984. The molecule has 0 radical (unpaired) electrons. The molecule has 0 spiro atoms. The molecule has 1 aliphatic heterocycles. The molecule has 2 N–H and O–H groups in total. The van der Waals surface area contributed by atoms with Crippen LogP contribution in [0.15, 0.2) is 4.90 Å². The molecule has 1 unspecified atom stereocenters. The molecule has 1 aliphatic rings. The number of aryl methyl sites for hydroxylation is 2. The van der Waals surface area contributed by atoms with Crippen LogP contribution in [0.1, 0.15) is 31.2 Å². The number of nitrogens with one attached hydrogen (secondary N) is 2. The van der Waals surface area contributed by atoms with Gasteiger partial charge in [-0.25, -0.2) is 8.42 Å². The summed E-state index contributed by atoms with van der Waals surface area (Å²) in [6, 6.07) is -0.801. The van der Waals surface area contributed by atoms with Crippen LogP contribution >= 0.6 is 12.4 Å². The lowest BCUT2D eigenvalue weighted by Crippen LogP contribution is -2.49. The zero-order valence-corrected chi connectivity index (χ0v) is 17.7. The van der Waals surface area contributed by atoms with Gasteiger partial charge in [-0.2, -0.15) is 9.82 Å². The third-order valence-electron chi connectivity index (χ3n) is 4.83. The van der Waals surface area contributed by atoms with E-state index in [-0.39, 0.29) is 23.2 Å². The first kappa shape index (κ1) is 22.9. The van der Waals surface area contributed by atoms with Gasteiger partial charge in [0.15, 0.2) is 0 Å². The molecule has 2 heterocycles. The Bertz CT molecular complexity index is 726. The van der Waals surface area contributed by atoms with E-state index in [0.29, 0.717) is 30.4 Å². The fourth-order valence-electron chi connectivity index (χ4n) is 3.41. The van der Waals surface area contributed by atoms with E-state index in [1.54, 1.807) is 32.7 Å². The minimum absolute atomic E-state index is 0. The molecule has 26 heavy (non-hydrogen) atoms. The monoisotopic (exact) mass is 407 g/mol. The summed E-state index contributed by atoms with van der Waals surface area (Å²) in [6.07, 6.45) is 1.87. The van der Waals surface area contributed by atoms with E-state index in [1.165, 1.54) is 4.68 Å². The van der Waals surface area contributed by atoms with Gasteiger partial charge in [0.1, 0.15) is 4.90 Å². The normalized spacial score (nSPS) is 17.0. The Morgan fingerprint density at radius 1 is 1.31 bits per heavy atom. The molecular weight excluding hydrogens is 378 g/mol. The van der Waals surface area contributed by atoms with Crippen LogP contribution in [-0.4, -0.2) is 61.7 Å². The van der Waals surface area contributed by atoms with Gasteiger partial charge < -0.3 is 10.2 Å². The van der Waals surface area contributed by atoms with Gasteiger partial charge in [-0.15, -0.1) is 12.4 Å². The van der Waals surface area contributed by atoms with Crippen molar-refractivity contribution in [3.63, 3.8) is 0 Å². The highest BCUT2D eigenvalue weighted by atomic mass is 35.5. The Kier molecular flexibility index (Phi) is 8.06. The maximum absolute atomic E-state index is 12.7. The van der Waals surface area contributed by atoms with Gasteiger partial charge in [-0.1, -0.05) is 0 Å². The quantitative estimate of drug-likeness (QED) is 0.719. The second-order valence-electron chi connectivity index (χ2n) is 6.79. The second kappa shape index (κ2) is 9.16. The molecule has 10 heteroatoms. The number of likely N-dealkylation sites (tertiary alicyclic amines) is 1. The Morgan fingerprint density at radius 3 is 2.35 bits per heavy atom. The van der Waals surface area contributed by atoms with Gasteiger partial charge in [0, 0.05) is 20.1 Å². The standard InChI is InChI=1S/C16H29N5O3S.ClH/c1-11-15(13(3)20(5)18-11)25(23,24)19-12(2)16(22)21-8-6-14(7-9-21)10-17-4;/h12,14,17,19H,6-10H2,1-5H3;1H. The highest BCUT2D eigenvalue weighted by Gasteiger charge is 2.31. The van der Waals surface area contributed by atoms with Gasteiger partial charge in [0.25, 0.3) is 0 Å². The summed E-state index contributed by atoms with van der Waals surface area (Å²) in [7, 11) is -0.167. The number of rotatable bonds is 6. The van der Waals surface area contributed by atoms with Crippen LogP contribution in [0.5, 0.6) is 0 Å². The second-order valence-corrected chi connectivity index (χ2v) is 8.44. The van der Waals surface area contributed by atoms with Crippen LogP contribution in [0.4, 0.5) is 0 Å². The van der Waals surface area contributed by atoms with Crippen molar-refractivity contribution in [1.29, 1.82) is 0 Å². The molecule has 150 valence electrons. The number of nitrogens with zero attached hydrogens (tertiary/aromatic N) is 3. The summed E-state index contributed by atoms with van der Waals surface area (Å²) in [6.45, 7) is 7.24. The third kappa shape index (κ3) is 4.97. The lowest BCUT2D eigenvalue weighted by molar-refractivity contribution is -0.133. The number of hydrogen-bond acceptors (Lipinski definition) is 5. The van der Waals surface area contributed by atoms with E-state index in [0.717, 1.165) is 19.4 Å². The highest BCUT2D eigenvalue weighted by Crippen LogP contribution is 2.20. The Morgan fingerprint density at radius 2 is 1.88 bits per heavy atom. The SMILES string of the molecule is CNCC1CCN(C(=O)C(C)NS(=O)(=O)c2c(C)nn(C)c2C)CC1.Cl. The lowest BCUT2D eigenvalue weighted by atomic mass is 9.96. The molecule has 1 aromatic heterocycles. The number of hydrogen-bond donors (Lipinski definition) is 2. The number of carbonyl (C=O) groups is 1. The summed E-state index contributed by atoms with van der Waals surface area (Å²) in [5, 5.41) is 7.30. The van der Waals surface area contributed by atoms with E-state index in [4.69, 9.17) is 0 Å². The van der Waals surface area contributed by atoms with Crippen molar-refractivity contribution in [1.82, 2.24) is 24.7 Å². The zero-order valence-electron chi connectivity index (χ0n) is 16.1. The van der Waals surface area contributed by atoms with Gasteiger partial charge in [0.2, 0.25) is 15.9 Å². The van der Waals surface area contributed by atoms with Gasteiger partial charge in [-0.3, -0.25) is 9.48 Å². The number of sulfonamides is 1. The molecule has 0 saturated carbocycles. The summed E-state index contributed by atoms with van der Waals surface area (Å²) in [4.78, 5) is 14.5. The molecule has 0 aliphatic carbocycles. The molecule has 0 bridgehead atoms. The fourth-order valence-corrected chi connectivity index (χ4v) is 5.04. The molecule has 1 saturated heterocycles. The highest BCUT2D eigenvalue weighted by molar-refractivity contribution is 7.89. The van der Waals surface area contributed by atoms with Crippen molar-refractivity contribution < 1.29 is 13.2 Å². The first-order valence-corrected chi connectivity index (χ1v) is 10.1. The predicted molar refractivity (Wildman–Crippen MR) is 103 cm³/mol. The Balaban J connectivity index is 0.00000338. The van der Waals surface area contributed by atoms with Crippen LogP contribution in [0.2, 0.25) is 0 Å². The summed E-state index contributed by atoms with van der Waals surface area (Å²) >= 11 is 0. The Labute approximate surface area is 162 Å². The lowest BCUT2D eigenvalue weighted by Gasteiger charge is -2.33. The molecule has 8 nitrogen and oxygen atoms in total. The molecule has 1 amide bonds. The minimum Gasteiger partial charge on any atom is -0.341 e. The van der Waals surface area contributed by atoms with E-state index < -0.39 is 16.1 Å². The maximum Gasteiger partial charge on any atom is 0.244 e. The number of carbonyl (C=O) groups excluding carboxylic acids is 1. The molecule has 1 fully saturated rings. The van der Waals surface area contributed by atoms with Crippen LogP contribution < -0.4 is 10.0 Å². The third-order valence-corrected chi connectivity index (χ3v) is 6.62. The van der Waals surface area contributed by atoms with Gasteiger partial charge in [-0.05, 0) is 53.1 Å². The summed E-state index contributed by atoms with van der Waals surface area (Å²) < 4.78 is 29.4. The Hall–Kier alpha value is -1.16. The molecular formula is C16H30ClN5O3S. The van der Waals surface area contributed by atoms with Crippen molar-refractivity contribution in [2.75, 3.05) is 26.7 Å². The number of piperidine rings is 1. The van der Waals surface area contributed by atoms with Gasteiger partial charge in [0.05, 0.1) is 17.4 Å². The van der Waals surface area contributed by atoms with Crippen molar-refractivity contribution in [3.05, 3.63) is 11.4 Å². The molecule has 1 atom stereocenters. The zero-order chi connectivity index (χ0) is 18.8. The topological polar surface area (TPSA) is 96.3 Å². The number of aromatic nitrogens is 2. The minimum atomic E-state index is -3.79. The van der Waals surface area contributed by atoms with Crippen molar-refractivity contribution in [2.24, 2.45) is 13.0 Å². The molecule has 0 aromatic carbocycles.